The Kier molecular flexibility index (Phi) is 6.73. The van der Waals surface area contributed by atoms with E-state index in [-0.39, 0.29) is 17.8 Å². The Morgan fingerprint density at radius 3 is 2.34 bits per heavy atom. The number of halogens is 1. The van der Waals surface area contributed by atoms with Crippen LogP contribution in [0.2, 0.25) is 0 Å². The van der Waals surface area contributed by atoms with Crippen LogP contribution in [0.1, 0.15) is 34.6 Å². The standard InChI is InChI=1S/C29H29FN4O/c1-22(27-9-5-6-10-28(27)23-11-13-25(30)14-12-23)34-21-31-19-26(34)20-32-15-17-33(18-16-32)29(35)24-7-3-2-4-8-24/h2-14,19,21-22H,15-18,20H2,1H3. The average molecular weight is 469 g/mol. The van der Waals surface area contributed by atoms with Crippen LogP contribution in [0.15, 0.2) is 91.4 Å². The highest BCUT2D eigenvalue weighted by Gasteiger charge is 2.23. The summed E-state index contributed by atoms with van der Waals surface area (Å²) in [5.74, 6) is -0.136. The van der Waals surface area contributed by atoms with Crippen molar-refractivity contribution in [2.24, 2.45) is 0 Å². The first kappa shape index (κ1) is 23.0. The number of carbonyl (C=O) groups is 1. The predicted octanol–water partition coefficient (Wildman–Crippen LogP) is 5.26. The SMILES string of the molecule is CC(c1ccccc1-c1ccc(F)cc1)n1cncc1CN1CCN(C(=O)c2ccccc2)CC1. The first-order valence-corrected chi connectivity index (χ1v) is 12.0. The highest BCUT2D eigenvalue weighted by Crippen LogP contribution is 2.31. The minimum atomic E-state index is -0.234. The minimum absolute atomic E-state index is 0.0645. The van der Waals surface area contributed by atoms with Crippen LogP contribution in [-0.2, 0) is 6.54 Å². The van der Waals surface area contributed by atoms with Crippen LogP contribution in [0.25, 0.3) is 11.1 Å². The van der Waals surface area contributed by atoms with Gasteiger partial charge in [0.25, 0.3) is 5.91 Å². The third-order valence-corrected chi connectivity index (χ3v) is 6.80. The maximum absolute atomic E-state index is 13.5. The second-order valence-electron chi connectivity index (χ2n) is 9.00. The molecule has 2 heterocycles. The van der Waals surface area contributed by atoms with Crippen LogP contribution in [0, 0.1) is 5.82 Å². The van der Waals surface area contributed by atoms with Gasteiger partial charge in [-0.2, -0.15) is 0 Å². The van der Waals surface area contributed by atoms with Crippen molar-refractivity contribution in [3.8, 4) is 11.1 Å². The third-order valence-electron chi connectivity index (χ3n) is 6.80. The number of hydrogen-bond acceptors (Lipinski definition) is 3. The van der Waals surface area contributed by atoms with E-state index in [2.05, 4.69) is 33.5 Å². The van der Waals surface area contributed by atoms with Gasteiger partial charge < -0.3 is 9.47 Å². The molecular formula is C29H29FN4O. The lowest BCUT2D eigenvalue weighted by atomic mass is 9.95. The summed E-state index contributed by atoms with van der Waals surface area (Å²) in [4.78, 5) is 21.5. The van der Waals surface area contributed by atoms with E-state index in [0.29, 0.717) is 13.1 Å². The summed E-state index contributed by atoms with van der Waals surface area (Å²) >= 11 is 0. The molecule has 0 radical (unpaired) electrons. The van der Waals surface area contributed by atoms with Crippen LogP contribution in [0.4, 0.5) is 4.39 Å². The summed E-state index contributed by atoms with van der Waals surface area (Å²) < 4.78 is 15.7. The monoisotopic (exact) mass is 468 g/mol. The van der Waals surface area contributed by atoms with Crippen molar-refractivity contribution in [2.75, 3.05) is 26.2 Å². The van der Waals surface area contributed by atoms with Crippen molar-refractivity contribution >= 4 is 5.91 Å². The van der Waals surface area contributed by atoms with Crippen molar-refractivity contribution in [1.82, 2.24) is 19.4 Å². The Morgan fingerprint density at radius 2 is 1.60 bits per heavy atom. The molecule has 0 aliphatic carbocycles. The molecule has 1 atom stereocenters. The highest BCUT2D eigenvalue weighted by molar-refractivity contribution is 5.94. The molecule has 5 nitrogen and oxygen atoms in total. The lowest BCUT2D eigenvalue weighted by Crippen LogP contribution is -2.48. The summed E-state index contributed by atoms with van der Waals surface area (Å²) in [6.45, 7) is 6.02. The van der Waals surface area contributed by atoms with Gasteiger partial charge in [-0.15, -0.1) is 0 Å². The van der Waals surface area contributed by atoms with Gasteiger partial charge in [0.15, 0.2) is 0 Å². The minimum Gasteiger partial charge on any atom is -0.336 e. The number of nitrogens with zero attached hydrogens (tertiary/aromatic N) is 4. The first-order chi connectivity index (χ1) is 17.1. The van der Waals surface area contributed by atoms with Gasteiger partial charge in [0.05, 0.1) is 18.1 Å². The van der Waals surface area contributed by atoms with E-state index in [1.807, 2.05) is 72.0 Å². The van der Waals surface area contributed by atoms with E-state index in [1.165, 1.54) is 12.1 Å². The molecule has 1 fully saturated rings. The molecule has 3 aromatic carbocycles. The number of piperazine rings is 1. The number of rotatable bonds is 6. The zero-order chi connectivity index (χ0) is 24.2. The molecule has 178 valence electrons. The van der Waals surface area contributed by atoms with E-state index in [4.69, 9.17) is 0 Å². The molecular weight excluding hydrogens is 439 g/mol. The van der Waals surface area contributed by atoms with Crippen LogP contribution >= 0.6 is 0 Å². The lowest BCUT2D eigenvalue weighted by Gasteiger charge is -2.35. The van der Waals surface area contributed by atoms with E-state index in [1.54, 1.807) is 0 Å². The van der Waals surface area contributed by atoms with Crippen molar-refractivity contribution < 1.29 is 9.18 Å². The Hall–Kier alpha value is -3.77. The lowest BCUT2D eigenvalue weighted by molar-refractivity contribution is 0.0625. The van der Waals surface area contributed by atoms with Gasteiger partial charge >= 0.3 is 0 Å². The predicted molar refractivity (Wildman–Crippen MR) is 135 cm³/mol. The number of imidazole rings is 1. The second kappa shape index (κ2) is 10.2. The average Bonchev–Trinajstić information content (AvgIpc) is 3.37. The Balaban J connectivity index is 1.28. The van der Waals surface area contributed by atoms with E-state index in [0.717, 1.165) is 47.6 Å². The highest BCUT2D eigenvalue weighted by atomic mass is 19.1. The smallest absolute Gasteiger partial charge is 0.253 e. The summed E-state index contributed by atoms with van der Waals surface area (Å²) in [6, 6.07) is 24.5. The fourth-order valence-electron chi connectivity index (χ4n) is 4.81. The fourth-order valence-corrected chi connectivity index (χ4v) is 4.81. The van der Waals surface area contributed by atoms with Gasteiger partial charge in [-0.25, -0.2) is 9.37 Å². The Bertz CT molecular complexity index is 1280. The van der Waals surface area contributed by atoms with E-state index in [9.17, 15) is 9.18 Å². The molecule has 1 aliphatic heterocycles. The number of hydrogen-bond donors (Lipinski definition) is 0. The van der Waals surface area contributed by atoms with Gasteiger partial charge in [-0.05, 0) is 47.9 Å². The van der Waals surface area contributed by atoms with E-state index < -0.39 is 0 Å². The molecule has 1 saturated heterocycles. The Labute approximate surface area is 205 Å². The second-order valence-corrected chi connectivity index (χ2v) is 9.00. The van der Waals surface area contributed by atoms with Gasteiger partial charge in [0.1, 0.15) is 5.82 Å². The van der Waals surface area contributed by atoms with Gasteiger partial charge in [-0.3, -0.25) is 9.69 Å². The number of benzene rings is 3. The van der Waals surface area contributed by atoms with Crippen molar-refractivity contribution in [3.63, 3.8) is 0 Å². The largest absolute Gasteiger partial charge is 0.336 e. The zero-order valence-electron chi connectivity index (χ0n) is 19.8. The quantitative estimate of drug-likeness (QED) is 0.388. The number of aromatic nitrogens is 2. The van der Waals surface area contributed by atoms with Crippen molar-refractivity contribution in [1.29, 1.82) is 0 Å². The van der Waals surface area contributed by atoms with Gasteiger partial charge in [0.2, 0.25) is 0 Å². The van der Waals surface area contributed by atoms with Crippen LogP contribution in [0.5, 0.6) is 0 Å². The van der Waals surface area contributed by atoms with Crippen LogP contribution < -0.4 is 0 Å². The summed E-state index contributed by atoms with van der Waals surface area (Å²) in [6.07, 6.45) is 3.81. The molecule has 1 unspecified atom stereocenters. The van der Waals surface area contributed by atoms with Gasteiger partial charge in [0, 0.05) is 44.5 Å². The summed E-state index contributed by atoms with van der Waals surface area (Å²) in [7, 11) is 0. The maximum atomic E-state index is 13.5. The molecule has 4 aromatic rings. The Morgan fingerprint density at radius 1 is 0.914 bits per heavy atom. The normalized spacial score (nSPS) is 15.2. The molecule has 0 N–H and O–H groups in total. The van der Waals surface area contributed by atoms with Crippen molar-refractivity contribution in [2.45, 2.75) is 19.5 Å². The number of amides is 1. The van der Waals surface area contributed by atoms with E-state index >= 15 is 0 Å². The van der Waals surface area contributed by atoms with Crippen LogP contribution in [0.3, 0.4) is 0 Å². The molecule has 0 saturated carbocycles. The molecule has 6 heteroatoms. The third kappa shape index (κ3) is 5.03. The molecule has 5 rings (SSSR count). The summed E-state index contributed by atoms with van der Waals surface area (Å²) in [5.41, 5.74) is 5.13. The molecule has 0 bridgehead atoms. The topological polar surface area (TPSA) is 41.4 Å². The summed E-state index contributed by atoms with van der Waals surface area (Å²) in [5, 5.41) is 0. The molecule has 35 heavy (non-hydrogen) atoms. The molecule has 1 aliphatic rings. The molecule has 0 spiro atoms. The molecule has 1 amide bonds. The first-order valence-electron chi connectivity index (χ1n) is 12.0. The van der Waals surface area contributed by atoms with Crippen LogP contribution in [-0.4, -0.2) is 51.4 Å². The maximum Gasteiger partial charge on any atom is 0.253 e. The molecule has 1 aromatic heterocycles. The number of carbonyl (C=O) groups excluding carboxylic acids is 1. The zero-order valence-corrected chi connectivity index (χ0v) is 19.8. The van der Waals surface area contributed by atoms with Crippen molar-refractivity contribution in [3.05, 3.63) is 114 Å². The fraction of sp³-hybridized carbons (Fsp3) is 0.241. The van der Waals surface area contributed by atoms with Gasteiger partial charge in [-0.1, -0.05) is 54.6 Å².